The Hall–Kier alpha value is -2.28. The van der Waals surface area contributed by atoms with Crippen LogP contribution in [0.1, 0.15) is 60.3 Å². The van der Waals surface area contributed by atoms with Crippen molar-refractivity contribution in [2.45, 2.75) is 60.3 Å². The molecule has 1 fully saturated rings. The monoisotopic (exact) mass is 361 g/mol. The van der Waals surface area contributed by atoms with Crippen LogP contribution < -0.4 is 5.73 Å². The molecule has 0 saturated heterocycles. The summed E-state index contributed by atoms with van der Waals surface area (Å²) >= 11 is 0. The van der Waals surface area contributed by atoms with Gasteiger partial charge in [0.25, 0.3) is 0 Å². The standard InChI is InChI=1S/C26H35N/c1-8-10-24(23-12-11-18(5)26(27)16-23)19(6)20(7)25(22-13-14-22)15-21(9-2)17(3)4/h8-10,15-16,22H,2-3,11-14,27H2,1,4-7H3/b10-8-,21-15-,24-19+,25-20-. The van der Waals surface area contributed by atoms with Gasteiger partial charge in [0, 0.05) is 5.70 Å². The maximum atomic E-state index is 6.23. The largest absolute Gasteiger partial charge is 0.399 e. The average molecular weight is 362 g/mol. The highest BCUT2D eigenvalue weighted by atomic mass is 14.6. The van der Waals surface area contributed by atoms with Gasteiger partial charge in [-0.25, -0.2) is 0 Å². The van der Waals surface area contributed by atoms with E-state index in [0.29, 0.717) is 5.92 Å². The summed E-state index contributed by atoms with van der Waals surface area (Å²) in [5.41, 5.74) is 17.4. The van der Waals surface area contributed by atoms with Gasteiger partial charge in [-0.2, -0.15) is 0 Å². The normalized spacial score (nSPS) is 20.3. The van der Waals surface area contributed by atoms with Gasteiger partial charge in [-0.05, 0) is 106 Å². The number of allylic oxidation sites excluding steroid dienone is 13. The highest BCUT2D eigenvalue weighted by Gasteiger charge is 2.27. The van der Waals surface area contributed by atoms with E-state index in [4.69, 9.17) is 5.73 Å². The smallest absolute Gasteiger partial charge is 0.0306 e. The van der Waals surface area contributed by atoms with Crippen molar-refractivity contribution in [3.05, 3.63) is 93.8 Å². The van der Waals surface area contributed by atoms with E-state index < -0.39 is 0 Å². The Morgan fingerprint density at radius 3 is 2.30 bits per heavy atom. The van der Waals surface area contributed by atoms with Gasteiger partial charge in [-0.3, -0.25) is 0 Å². The second-order valence-electron chi connectivity index (χ2n) is 7.88. The molecule has 2 rings (SSSR count). The molecule has 1 heteroatoms. The number of nitrogens with two attached hydrogens (primary N) is 1. The van der Waals surface area contributed by atoms with E-state index >= 15 is 0 Å². The SMILES string of the molecule is C=C/C(=C/C(=C(C)/C(C)=C(\C=C/C)C1=CC(N)=C(C)CC1)C1CC1)C(=C)C. The van der Waals surface area contributed by atoms with Crippen LogP contribution >= 0.6 is 0 Å². The summed E-state index contributed by atoms with van der Waals surface area (Å²) in [6, 6.07) is 0. The van der Waals surface area contributed by atoms with Crippen molar-refractivity contribution in [3.63, 3.8) is 0 Å². The lowest BCUT2D eigenvalue weighted by Gasteiger charge is -2.20. The van der Waals surface area contributed by atoms with E-state index in [9.17, 15) is 0 Å². The lowest BCUT2D eigenvalue weighted by molar-refractivity contribution is 0.889. The molecule has 0 radical (unpaired) electrons. The molecular formula is C26H35N. The Labute approximate surface area is 166 Å². The third-order valence-electron chi connectivity index (χ3n) is 5.71. The number of hydrogen-bond acceptors (Lipinski definition) is 1. The fraction of sp³-hybridized carbons (Fsp3) is 0.385. The quantitative estimate of drug-likeness (QED) is 0.475. The maximum absolute atomic E-state index is 6.23. The van der Waals surface area contributed by atoms with Crippen LogP contribution in [0.2, 0.25) is 0 Å². The van der Waals surface area contributed by atoms with Crippen LogP contribution in [0, 0.1) is 5.92 Å². The lowest BCUT2D eigenvalue weighted by Crippen LogP contribution is -2.07. The second-order valence-corrected chi connectivity index (χ2v) is 7.88. The molecule has 0 bridgehead atoms. The van der Waals surface area contributed by atoms with Gasteiger partial charge in [0.2, 0.25) is 0 Å². The van der Waals surface area contributed by atoms with Crippen molar-refractivity contribution < 1.29 is 0 Å². The Bertz CT molecular complexity index is 814. The summed E-state index contributed by atoms with van der Waals surface area (Å²) in [7, 11) is 0. The summed E-state index contributed by atoms with van der Waals surface area (Å²) in [6.45, 7) is 18.8. The average Bonchev–Trinajstić information content (AvgIpc) is 3.46. The van der Waals surface area contributed by atoms with E-state index in [-0.39, 0.29) is 0 Å². The van der Waals surface area contributed by atoms with Gasteiger partial charge in [0.1, 0.15) is 0 Å². The molecule has 0 spiro atoms. The van der Waals surface area contributed by atoms with Crippen LogP contribution in [0.25, 0.3) is 0 Å². The first-order valence-electron chi connectivity index (χ1n) is 10.0. The minimum Gasteiger partial charge on any atom is -0.399 e. The zero-order chi connectivity index (χ0) is 20.1. The van der Waals surface area contributed by atoms with Crippen molar-refractivity contribution >= 4 is 0 Å². The molecule has 0 heterocycles. The van der Waals surface area contributed by atoms with Crippen LogP contribution in [0.15, 0.2) is 93.8 Å². The molecule has 2 N–H and O–H groups in total. The molecule has 144 valence electrons. The molecule has 0 aromatic carbocycles. The molecule has 0 atom stereocenters. The first-order valence-corrected chi connectivity index (χ1v) is 10.0. The van der Waals surface area contributed by atoms with E-state index in [1.165, 1.54) is 46.3 Å². The third-order valence-corrected chi connectivity index (χ3v) is 5.71. The number of rotatable bonds is 7. The maximum Gasteiger partial charge on any atom is 0.0306 e. The van der Waals surface area contributed by atoms with E-state index in [1.54, 1.807) is 0 Å². The molecule has 0 unspecified atom stereocenters. The Morgan fingerprint density at radius 1 is 1.15 bits per heavy atom. The molecule has 0 amide bonds. The minimum absolute atomic E-state index is 0.661. The van der Waals surface area contributed by atoms with Crippen molar-refractivity contribution in [1.29, 1.82) is 0 Å². The summed E-state index contributed by atoms with van der Waals surface area (Å²) < 4.78 is 0. The molecule has 0 aromatic heterocycles. The van der Waals surface area contributed by atoms with Gasteiger partial charge in [-0.1, -0.05) is 48.6 Å². The van der Waals surface area contributed by atoms with E-state index in [1.807, 2.05) is 13.0 Å². The summed E-state index contributed by atoms with van der Waals surface area (Å²) in [5, 5.41) is 0. The van der Waals surface area contributed by atoms with E-state index in [0.717, 1.165) is 29.7 Å². The van der Waals surface area contributed by atoms with Gasteiger partial charge < -0.3 is 5.73 Å². The minimum atomic E-state index is 0.661. The molecule has 2 aliphatic carbocycles. The molecule has 1 nitrogen and oxygen atoms in total. The Kier molecular flexibility index (Phi) is 7.07. The van der Waals surface area contributed by atoms with Gasteiger partial charge >= 0.3 is 0 Å². The van der Waals surface area contributed by atoms with Gasteiger partial charge in [0.05, 0.1) is 0 Å². The van der Waals surface area contributed by atoms with Gasteiger partial charge in [-0.15, -0.1) is 0 Å². The first kappa shape index (κ1) is 21.0. The zero-order valence-corrected chi connectivity index (χ0v) is 17.8. The van der Waals surface area contributed by atoms with Crippen LogP contribution in [0.4, 0.5) is 0 Å². The highest BCUT2D eigenvalue weighted by molar-refractivity contribution is 5.56. The predicted octanol–water partition coefficient (Wildman–Crippen LogP) is 7.25. The van der Waals surface area contributed by atoms with Crippen molar-refractivity contribution in [2.75, 3.05) is 0 Å². The summed E-state index contributed by atoms with van der Waals surface area (Å²) in [5.74, 6) is 0.661. The van der Waals surface area contributed by atoms with Gasteiger partial charge in [0.15, 0.2) is 0 Å². The molecule has 0 aliphatic heterocycles. The fourth-order valence-corrected chi connectivity index (χ4v) is 3.57. The summed E-state index contributed by atoms with van der Waals surface area (Å²) in [6.07, 6.45) is 15.4. The third kappa shape index (κ3) is 5.13. The Morgan fingerprint density at radius 2 is 1.81 bits per heavy atom. The molecular weight excluding hydrogens is 326 g/mol. The second kappa shape index (κ2) is 9.08. The highest BCUT2D eigenvalue weighted by Crippen LogP contribution is 2.42. The Balaban J connectivity index is 2.61. The topological polar surface area (TPSA) is 26.0 Å². The van der Waals surface area contributed by atoms with Crippen molar-refractivity contribution in [2.24, 2.45) is 11.7 Å². The zero-order valence-electron chi connectivity index (χ0n) is 17.8. The van der Waals surface area contributed by atoms with Crippen molar-refractivity contribution in [3.8, 4) is 0 Å². The van der Waals surface area contributed by atoms with E-state index in [2.05, 4.69) is 65.2 Å². The fourth-order valence-electron chi connectivity index (χ4n) is 3.57. The lowest BCUT2D eigenvalue weighted by atomic mass is 9.86. The first-order chi connectivity index (χ1) is 12.8. The predicted molar refractivity (Wildman–Crippen MR) is 120 cm³/mol. The van der Waals surface area contributed by atoms with Crippen molar-refractivity contribution in [1.82, 2.24) is 0 Å². The molecule has 1 saturated carbocycles. The van der Waals surface area contributed by atoms with Crippen LogP contribution in [0.3, 0.4) is 0 Å². The number of hydrogen-bond donors (Lipinski definition) is 1. The van der Waals surface area contributed by atoms with Crippen LogP contribution in [-0.4, -0.2) is 0 Å². The molecule has 0 aromatic rings. The summed E-state index contributed by atoms with van der Waals surface area (Å²) in [4.78, 5) is 0. The van der Waals surface area contributed by atoms with Crippen LogP contribution in [-0.2, 0) is 0 Å². The molecule has 27 heavy (non-hydrogen) atoms. The molecule has 2 aliphatic rings. The van der Waals surface area contributed by atoms with Crippen LogP contribution in [0.5, 0.6) is 0 Å².